The Morgan fingerprint density at radius 2 is 1.85 bits per heavy atom. The summed E-state index contributed by atoms with van der Waals surface area (Å²) >= 11 is 0. The number of nitrogens with one attached hydrogen (secondary N) is 1. The van der Waals surface area contributed by atoms with E-state index in [1.807, 2.05) is 12.2 Å². The molecule has 4 unspecified atom stereocenters. The normalized spacial score (nSPS) is 25.8. The highest BCUT2D eigenvalue weighted by Gasteiger charge is 2.41. The van der Waals surface area contributed by atoms with Crippen molar-refractivity contribution in [2.45, 2.75) is 95.2 Å². The number of rotatable bonds is 12. The Labute approximate surface area is 195 Å². The molecule has 3 fully saturated rings. The van der Waals surface area contributed by atoms with E-state index in [4.69, 9.17) is 15.6 Å². The number of carbonyl (C=O) groups excluding carboxylic acids is 3. The average Bonchev–Trinajstić information content (AvgIpc) is 3.13. The Morgan fingerprint density at radius 3 is 2.52 bits per heavy atom. The van der Waals surface area contributed by atoms with Crippen LogP contribution in [-0.4, -0.2) is 58.6 Å². The van der Waals surface area contributed by atoms with Crippen molar-refractivity contribution in [2.75, 3.05) is 6.54 Å². The predicted octanol–water partition coefficient (Wildman–Crippen LogP) is 2.73. The molecule has 0 aromatic rings. The maximum Gasteiger partial charge on any atom is 0.408 e. The summed E-state index contributed by atoms with van der Waals surface area (Å²) in [7, 11) is 0. The predicted molar refractivity (Wildman–Crippen MR) is 121 cm³/mol. The van der Waals surface area contributed by atoms with E-state index in [1.54, 1.807) is 0 Å². The topological polar surface area (TPSA) is 139 Å². The zero-order valence-corrected chi connectivity index (χ0v) is 19.2. The van der Waals surface area contributed by atoms with Gasteiger partial charge in [-0.25, -0.2) is 4.79 Å². The number of carbonyl (C=O) groups is 4. The molecule has 0 aromatic carbocycles. The molecule has 184 valence electrons. The van der Waals surface area contributed by atoms with Gasteiger partial charge in [0.25, 0.3) is 0 Å². The van der Waals surface area contributed by atoms with Crippen molar-refractivity contribution < 1.29 is 29.0 Å². The van der Waals surface area contributed by atoms with E-state index in [1.165, 1.54) is 4.90 Å². The fourth-order valence-corrected chi connectivity index (χ4v) is 4.89. The van der Waals surface area contributed by atoms with Gasteiger partial charge in [-0.2, -0.15) is 0 Å². The molecule has 9 nitrogen and oxygen atoms in total. The van der Waals surface area contributed by atoms with Crippen molar-refractivity contribution in [3.63, 3.8) is 0 Å². The molecule has 0 aromatic heterocycles. The Morgan fingerprint density at radius 1 is 1.09 bits per heavy atom. The van der Waals surface area contributed by atoms with E-state index < -0.39 is 30.1 Å². The highest BCUT2D eigenvalue weighted by molar-refractivity contribution is 5.91. The van der Waals surface area contributed by atoms with Crippen molar-refractivity contribution in [3.05, 3.63) is 12.2 Å². The lowest BCUT2D eigenvalue weighted by atomic mass is 10.0. The Kier molecular flexibility index (Phi) is 9.14. The van der Waals surface area contributed by atoms with Crippen LogP contribution in [0.5, 0.6) is 0 Å². The first-order valence-corrected chi connectivity index (χ1v) is 12.3. The molecule has 2 aliphatic carbocycles. The number of alkyl carbamates (subject to hydrolysis) is 1. The van der Waals surface area contributed by atoms with Gasteiger partial charge in [0.1, 0.15) is 18.2 Å². The van der Waals surface area contributed by atoms with E-state index in [9.17, 15) is 19.2 Å². The number of nitrogens with zero attached hydrogens (tertiary/aromatic N) is 1. The zero-order valence-electron chi connectivity index (χ0n) is 19.2. The summed E-state index contributed by atoms with van der Waals surface area (Å²) in [5, 5.41) is 11.7. The summed E-state index contributed by atoms with van der Waals surface area (Å²) in [5.74, 6) is -1.57. The third kappa shape index (κ3) is 7.47. The molecule has 0 bridgehead atoms. The maximum atomic E-state index is 13.2. The molecular weight excluding hydrogens is 426 g/mol. The van der Waals surface area contributed by atoms with E-state index in [-0.39, 0.29) is 23.8 Å². The lowest BCUT2D eigenvalue weighted by Crippen LogP contribution is -2.53. The number of hydrogen-bond acceptors (Lipinski definition) is 5. The fourth-order valence-electron chi connectivity index (χ4n) is 4.89. The van der Waals surface area contributed by atoms with Crippen molar-refractivity contribution in [1.82, 2.24) is 10.2 Å². The van der Waals surface area contributed by atoms with Gasteiger partial charge >= 0.3 is 12.1 Å². The second kappa shape index (κ2) is 12.0. The summed E-state index contributed by atoms with van der Waals surface area (Å²) in [6.07, 6.45) is 13.0. The summed E-state index contributed by atoms with van der Waals surface area (Å²) in [6, 6.07) is -1.35. The SMILES string of the molecule is NC(=O)C1CCCN1C(=O)C(CCCCC/C=C\C1CC1C(=O)O)NC(=O)OC1CCCC1. The van der Waals surface area contributed by atoms with Crippen molar-refractivity contribution >= 4 is 23.9 Å². The Hall–Kier alpha value is -2.58. The third-order valence-electron chi connectivity index (χ3n) is 6.93. The molecule has 3 amide bonds. The van der Waals surface area contributed by atoms with Gasteiger partial charge in [0, 0.05) is 6.54 Å². The minimum atomic E-state index is -0.739. The van der Waals surface area contributed by atoms with Gasteiger partial charge < -0.3 is 25.8 Å². The number of likely N-dealkylation sites (tertiary alicyclic amines) is 1. The van der Waals surface area contributed by atoms with Crippen LogP contribution >= 0.6 is 0 Å². The van der Waals surface area contributed by atoms with Gasteiger partial charge in [0.05, 0.1) is 5.92 Å². The van der Waals surface area contributed by atoms with Crippen LogP contribution in [0.3, 0.4) is 0 Å². The second-order valence-corrected chi connectivity index (χ2v) is 9.51. The lowest BCUT2D eigenvalue weighted by Gasteiger charge is -2.28. The van der Waals surface area contributed by atoms with E-state index in [0.717, 1.165) is 57.8 Å². The molecule has 1 aliphatic heterocycles. The molecule has 4 atom stereocenters. The first-order chi connectivity index (χ1) is 15.9. The molecule has 0 spiro atoms. The quantitative estimate of drug-likeness (QED) is 0.300. The first kappa shape index (κ1) is 25.1. The first-order valence-electron chi connectivity index (χ1n) is 12.3. The number of unbranched alkanes of at least 4 members (excludes halogenated alkanes) is 3. The molecule has 2 saturated carbocycles. The average molecular weight is 464 g/mol. The van der Waals surface area contributed by atoms with Gasteiger partial charge in [-0.05, 0) is 70.1 Å². The van der Waals surface area contributed by atoms with Gasteiger partial charge in [-0.15, -0.1) is 0 Å². The highest BCUT2D eigenvalue weighted by atomic mass is 16.6. The van der Waals surface area contributed by atoms with Crippen LogP contribution in [0, 0.1) is 11.8 Å². The zero-order chi connectivity index (χ0) is 23.8. The molecule has 0 radical (unpaired) electrons. The minimum Gasteiger partial charge on any atom is -0.481 e. The monoisotopic (exact) mass is 463 g/mol. The maximum absolute atomic E-state index is 13.2. The second-order valence-electron chi connectivity index (χ2n) is 9.51. The third-order valence-corrected chi connectivity index (χ3v) is 6.93. The Bertz CT molecular complexity index is 748. The number of ether oxygens (including phenoxy) is 1. The molecule has 1 saturated heterocycles. The van der Waals surface area contributed by atoms with Crippen molar-refractivity contribution in [2.24, 2.45) is 17.6 Å². The largest absolute Gasteiger partial charge is 0.481 e. The number of carboxylic acids is 1. The van der Waals surface area contributed by atoms with Gasteiger partial charge in [-0.3, -0.25) is 14.4 Å². The van der Waals surface area contributed by atoms with Gasteiger partial charge in [-0.1, -0.05) is 25.0 Å². The molecular formula is C24H37N3O6. The molecule has 4 N–H and O–H groups in total. The summed E-state index contributed by atoms with van der Waals surface area (Å²) < 4.78 is 5.48. The number of nitrogens with two attached hydrogens (primary N) is 1. The number of aliphatic carboxylic acids is 1. The van der Waals surface area contributed by atoms with Crippen LogP contribution in [0.1, 0.15) is 77.0 Å². The van der Waals surface area contributed by atoms with Gasteiger partial charge in [0.2, 0.25) is 11.8 Å². The fraction of sp³-hybridized carbons (Fsp3) is 0.750. The molecule has 1 heterocycles. The van der Waals surface area contributed by atoms with E-state index in [2.05, 4.69) is 5.32 Å². The molecule has 33 heavy (non-hydrogen) atoms. The van der Waals surface area contributed by atoms with Crippen LogP contribution in [0.2, 0.25) is 0 Å². The summed E-state index contributed by atoms with van der Waals surface area (Å²) in [5.41, 5.74) is 5.47. The smallest absolute Gasteiger partial charge is 0.408 e. The van der Waals surface area contributed by atoms with Crippen LogP contribution in [-0.2, 0) is 19.1 Å². The summed E-state index contributed by atoms with van der Waals surface area (Å²) in [4.78, 5) is 49.7. The van der Waals surface area contributed by atoms with Gasteiger partial charge in [0.15, 0.2) is 0 Å². The van der Waals surface area contributed by atoms with E-state index >= 15 is 0 Å². The summed E-state index contributed by atoms with van der Waals surface area (Å²) in [6.45, 7) is 0.464. The number of hydrogen-bond donors (Lipinski definition) is 3. The van der Waals surface area contributed by atoms with Crippen molar-refractivity contribution in [1.29, 1.82) is 0 Å². The number of allylic oxidation sites excluding steroid dienone is 2. The van der Waals surface area contributed by atoms with Crippen LogP contribution in [0.4, 0.5) is 4.79 Å². The number of carboxylic acid groups (broad SMARTS) is 1. The van der Waals surface area contributed by atoms with Crippen LogP contribution < -0.4 is 11.1 Å². The highest BCUT2D eigenvalue weighted by Crippen LogP contribution is 2.39. The standard InChI is InChI=1S/C24H37N3O6/c25-21(28)20-13-8-14-27(20)22(29)19(26-24(32)33-17-10-6-7-11-17)12-5-3-1-2-4-9-16-15-18(16)23(30)31/h4,9,16-20H,1-3,5-8,10-15H2,(H2,25,28)(H,26,32)(H,30,31)/b9-4-. The molecule has 9 heteroatoms. The van der Waals surface area contributed by atoms with E-state index in [0.29, 0.717) is 25.8 Å². The van der Waals surface area contributed by atoms with Crippen molar-refractivity contribution in [3.8, 4) is 0 Å². The lowest BCUT2D eigenvalue weighted by molar-refractivity contribution is -0.139. The molecule has 3 aliphatic rings. The Balaban J connectivity index is 1.45. The molecule has 3 rings (SSSR count). The minimum absolute atomic E-state index is 0.0927. The van der Waals surface area contributed by atoms with Crippen LogP contribution in [0.15, 0.2) is 12.2 Å². The van der Waals surface area contributed by atoms with Crippen LogP contribution in [0.25, 0.3) is 0 Å². The number of amides is 3. The number of primary amides is 1.